The zero-order chi connectivity index (χ0) is 19.1. The predicted molar refractivity (Wildman–Crippen MR) is 108 cm³/mol. The monoisotopic (exact) mass is 455 g/mol. The first-order valence-electron chi connectivity index (χ1n) is 7.42. The van der Waals surface area contributed by atoms with Gasteiger partial charge in [0.25, 0.3) is 0 Å². The van der Waals surface area contributed by atoms with Crippen molar-refractivity contribution in [1.82, 2.24) is 4.98 Å². The van der Waals surface area contributed by atoms with Crippen LogP contribution in [0.15, 0.2) is 55.0 Å². The Balaban J connectivity index is 2.32. The van der Waals surface area contributed by atoms with Crippen LogP contribution in [0.3, 0.4) is 0 Å². The van der Waals surface area contributed by atoms with Gasteiger partial charge in [0.1, 0.15) is 11.3 Å². The first-order valence-corrected chi connectivity index (χ1v) is 9.41. The molecule has 6 nitrogen and oxygen atoms in total. The SMILES string of the molecule is C=N/C(=C\N=C(/C)Br)Sc1cccc(-c2nc(C(=O)OCC)co2)c1Cl. The number of carbonyl (C=O) groups is 1. The van der Waals surface area contributed by atoms with Crippen molar-refractivity contribution < 1.29 is 13.9 Å². The van der Waals surface area contributed by atoms with Crippen molar-refractivity contribution in [1.29, 1.82) is 0 Å². The number of hydrogen-bond donors (Lipinski definition) is 0. The van der Waals surface area contributed by atoms with Gasteiger partial charge in [0, 0.05) is 4.90 Å². The molecule has 26 heavy (non-hydrogen) atoms. The second-order valence-corrected chi connectivity index (χ2v) is 7.32. The minimum atomic E-state index is -0.548. The quantitative estimate of drug-likeness (QED) is 0.309. The molecule has 2 aromatic rings. The lowest BCUT2D eigenvalue weighted by Crippen LogP contribution is -2.04. The number of esters is 1. The van der Waals surface area contributed by atoms with E-state index in [-0.39, 0.29) is 18.2 Å². The fourth-order valence-corrected chi connectivity index (χ4v) is 2.97. The molecule has 136 valence electrons. The highest BCUT2D eigenvalue weighted by Crippen LogP contribution is 2.38. The molecule has 0 aliphatic carbocycles. The van der Waals surface area contributed by atoms with Crippen molar-refractivity contribution in [3.05, 3.63) is 46.4 Å². The van der Waals surface area contributed by atoms with Crippen molar-refractivity contribution in [2.75, 3.05) is 6.61 Å². The van der Waals surface area contributed by atoms with Crippen LogP contribution in [0.1, 0.15) is 24.3 Å². The van der Waals surface area contributed by atoms with E-state index in [4.69, 9.17) is 20.8 Å². The van der Waals surface area contributed by atoms with E-state index >= 15 is 0 Å². The van der Waals surface area contributed by atoms with Crippen molar-refractivity contribution in [3.63, 3.8) is 0 Å². The van der Waals surface area contributed by atoms with Gasteiger partial charge in [-0.15, -0.1) is 0 Å². The predicted octanol–water partition coefficient (Wildman–Crippen LogP) is 5.58. The van der Waals surface area contributed by atoms with Gasteiger partial charge in [0.15, 0.2) is 5.69 Å². The highest BCUT2D eigenvalue weighted by molar-refractivity contribution is 9.18. The number of oxazole rings is 1. The molecule has 0 aliphatic rings. The van der Waals surface area contributed by atoms with E-state index in [1.807, 2.05) is 6.07 Å². The minimum absolute atomic E-state index is 0.0893. The summed E-state index contributed by atoms with van der Waals surface area (Å²) in [6, 6.07) is 5.38. The molecular weight excluding hydrogens is 442 g/mol. The first-order chi connectivity index (χ1) is 12.5. The van der Waals surface area contributed by atoms with Gasteiger partial charge in [0.05, 0.1) is 28.0 Å². The van der Waals surface area contributed by atoms with Crippen molar-refractivity contribution >= 4 is 56.6 Å². The third kappa shape index (κ3) is 5.30. The molecule has 2 rings (SSSR count). The van der Waals surface area contributed by atoms with Gasteiger partial charge >= 0.3 is 5.97 Å². The molecule has 0 fully saturated rings. The van der Waals surface area contributed by atoms with Crippen LogP contribution < -0.4 is 0 Å². The summed E-state index contributed by atoms with van der Waals surface area (Å²) in [7, 11) is 0. The Labute approximate surface area is 168 Å². The van der Waals surface area contributed by atoms with Gasteiger partial charge in [-0.2, -0.15) is 0 Å². The average Bonchev–Trinajstić information content (AvgIpc) is 3.10. The summed E-state index contributed by atoms with van der Waals surface area (Å²) in [5.74, 6) is -0.319. The van der Waals surface area contributed by atoms with E-state index < -0.39 is 5.97 Å². The van der Waals surface area contributed by atoms with Gasteiger partial charge in [0.2, 0.25) is 5.89 Å². The van der Waals surface area contributed by atoms with Gasteiger partial charge in [-0.3, -0.25) is 9.98 Å². The molecule has 0 aliphatic heterocycles. The number of halogens is 2. The molecule has 0 N–H and O–H groups in total. The molecule has 0 amide bonds. The average molecular weight is 457 g/mol. The summed E-state index contributed by atoms with van der Waals surface area (Å²) in [6.45, 7) is 7.32. The van der Waals surface area contributed by atoms with E-state index in [0.717, 1.165) is 4.90 Å². The molecule has 1 aromatic heterocycles. The summed E-state index contributed by atoms with van der Waals surface area (Å²) >= 11 is 11.0. The number of rotatable bonds is 7. The van der Waals surface area contributed by atoms with E-state index in [9.17, 15) is 4.79 Å². The molecule has 0 spiro atoms. The van der Waals surface area contributed by atoms with Crippen LogP contribution in [-0.2, 0) is 4.74 Å². The van der Waals surface area contributed by atoms with Crippen LogP contribution in [-0.4, -0.2) is 28.9 Å². The lowest BCUT2D eigenvalue weighted by molar-refractivity contribution is 0.0519. The maximum absolute atomic E-state index is 11.7. The molecule has 9 heteroatoms. The maximum Gasteiger partial charge on any atom is 0.360 e. The van der Waals surface area contributed by atoms with Crippen LogP contribution in [0.25, 0.3) is 11.5 Å². The fraction of sp³-hybridized carbons (Fsp3) is 0.176. The van der Waals surface area contributed by atoms with E-state index in [1.54, 1.807) is 32.2 Å². The standard InChI is InChI=1S/C17H15BrClN3O3S/c1-4-24-17(23)12-9-25-16(22-12)11-6-5-7-13(15(11)19)26-14(20-3)8-21-10(2)18/h5-9H,3-4H2,1-2H3/b14-8+,21-10+. The van der Waals surface area contributed by atoms with E-state index in [1.165, 1.54) is 18.0 Å². The minimum Gasteiger partial charge on any atom is -0.461 e. The normalized spacial score (nSPS) is 12.2. The Kier molecular flexibility index (Phi) is 7.62. The lowest BCUT2D eigenvalue weighted by Gasteiger charge is -2.06. The Bertz CT molecular complexity index is 876. The van der Waals surface area contributed by atoms with Crippen LogP contribution in [0, 0.1) is 0 Å². The molecule has 0 bridgehead atoms. The van der Waals surface area contributed by atoms with Crippen molar-refractivity contribution in [2.24, 2.45) is 9.98 Å². The van der Waals surface area contributed by atoms with Crippen LogP contribution in [0.4, 0.5) is 0 Å². The second-order valence-electron chi connectivity index (χ2n) is 4.73. The Morgan fingerprint density at radius 2 is 2.31 bits per heavy atom. The van der Waals surface area contributed by atoms with Gasteiger partial charge < -0.3 is 9.15 Å². The summed E-state index contributed by atoms with van der Waals surface area (Å²) in [5.41, 5.74) is 0.641. The van der Waals surface area contributed by atoms with Crippen molar-refractivity contribution in [2.45, 2.75) is 18.7 Å². The molecule has 0 saturated heterocycles. The van der Waals surface area contributed by atoms with Crippen molar-refractivity contribution in [3.8, 4) is 11.5 Å². The number of ether oxygens (including phenoxy) is 1. The van der Waals surface area contributed by atoms with Crippen LogP contribution >= 0.6 is 39.3 Å². The third-order valence-electron chi connectivity index (χ3n) is 2.91. The molecule has 0 atom stereocenters. The molecule has 1 aromatic carbocycles. The number of aromatic nitrogens is 1. The fourth-order valence-electron chi connectivity index (χ4n) is 1.81. The summed E-state index contributed by atoms with van der Waals surface area (Å²) in [4.78, 5) is 24.7. The lowest BCUT2D eigenvalue weighted by atomic mass is 10.2. The molecule has 0 radical (unpaired) electrons. The number of thioether (sulfide) groups is 1. The smallest absolute Gasteiger partial charge is 0.360 e. The highest BCUT2D eigenvalue weighted by Gasteiger charge is 2.18. The summed E-state index contributed by atoms with van der Waals surface area (Å²) in [5, 5.41) is 0.992. The molecule has 0 saturated carbocycles. The second kappa shape index (κ2) is 9.70. The number of nitrogens with zero attached hydrogens (tertiary/aromatic N) is 3. The van der Waals surface area contributed by atoms with E-state index in [0.29, 0.717) is 20.2 Å². The number of carbonyl (C=O) groups excluding carboxylic acids is 1. The number of aliphatic imine (C=N–C) groups is 2. The third-order valence-corrected chi connectivity index (χ3v) is 4.63. The Hall–Kier alpha value is -1.90. The Morgan fingerprint density at radius 3 is 2.96 bits per heavy atom. The molecule has 0 unspecified atom stereocenters. The number of benzene rings is 1. The molecular formula is C17H15BrClN3O3S. The van der Waals surface area contributed by atoms with Gasteiger partial charge in [-0.25, -0.2) is 9.78 Å². The topological polar surface area (TPSA) is 77.0 Å². The van der Waals surface area contributed by atoms with Gasteiger partial charge in [-0.05, 0) is 48.6 Å². The zero-order valence-corrected chi connectivity index (χ0v) is 17.2. The van der Waals surface area contributed by atoms with Gasteiger partial charge in [-0.1, -0.05) is 29.4 Å². The number of hydrogen-bond acceptors (Lipinski definition) is 7. The molecule has 1 heterocycles. The van der Waals surface area contributed by atoms with Crippen LogP contribution in [0.2, 0.25) is 5.02 Å². The highest BCUT2D eigenvalue weighted by atomic mass is 79.9. The first kappa shape index (κ1) is 20.4. The largest absolute Gasteiger partial charge is 0.461 e. The zero-order valence-electron chi connectivity index (χ0n) is 14.0. The maximum atomic E-state index is 11.7. The summed E-state index contributed by atoms with van der Waals surface area (Å²) in [6.07, 6.45) is 2.82. The van der Waals surface area contributed by atoms with Crippen LogP contribution in [0.5, 0.6) is 0 Å². The summed E-state index contributed by atoms with van der Waals surface area (Å²) < 4.78 is 11.0. The Morgan fingerprint density at radius 1 is 1.54 bits per heavy atom. The van der Waals surface area contributed by atoms with E-state index in [2.05, 4.69) is 37.6 Å².